The highest BCUT2D eigenvalue weighted by molar-refractivity contribution is 7.22. The van der Waals surface area contributed by atoms with E-state index >= 15 is 0 Å². The number of carbonyl (C=O) groups is 1. The van der Waals surface area contributed by atoms with E-state index in [1.165, 1.54) is 11.3 Å². The second-order valence-corrected chi connectivity index (χ2v) is 7.88. The fourth-order valence-corrected chi connectivity index (χ4v) is 4.48. The summed E-state index contributed by atoms with van der Waals surface area (Å²) in [6.45, 7) is 1.84. The molecular formula is C17H13ClN4OS2. The molecule has 0 atom stereocenters. The van der Waals surface area contributed by atoms with E-state index in [9.17, 15) is 4.79 Å². The number of thiophene rings is 1. The molecule has 4 rings (SSSR count). The lowest BCUT2D eigenvalue weighted by molar-refractivity contribution is 0.102. The van der Waals surface area contributed by atoms with Crippen molar-refractivity contribution in [1.29, 1.82) is 0 Å². The number of rotatable bonds is 3. The van der Waals surface area contributed by atoms with Crippen molar-refractivity contribution in [3.63, 3.8) is 0 Å². The molecule has 1 N–H and O–H groups in total. The molecule has 8 heteroatoms. The van der Waals surface area contributed by atoms with Gasteiger partial charge in [0.2, 0.25) is 5.95 Å². The van der Waals surface area contributed by atoms with Crippen LogP contribution in [-0.2, 0) is 7.05 Å². The van der Waals surface area contributed by atoms with E-state index in [0.717, 1.165) is 20.9 Å². The van der Waals surface area contributed by atoms with E-state index in [-0.39, 0.29) is 5.91 Å². The number of benzene rings is 1. The van der Waals surface area contributed by atoms with Crippen LogP contribution in [-0.4, -0.2) is 20.4 Å². The zero-order chi connectivity index (χ0) is 17.6. The molecule has 0 radical (unpaired) electrons. The summed E-state index contributed by atoms with van der Waals surface area (Å²) in [6, 6.07) is 9.44. The van der Waals surface area contributed by atoms with Crippen molar-refractivity contribution < 1.29 is 4.79 Å². The molecule has 1 aromatic carbocycles. The number of halogens is 1. The molecule has 5 nitrogen and oxygen atoms in total. The molecule has 0 aliphatic rings. The molecule has 0 aliphatic carbocycles. The summed E-state index contributed by atoms with van der Waals surface area (Å²) in [4.78, 5) is 23.3. The maximum Gasteiger partial charge on any atom is 0.269 e. The van der Waals surface area contributed by atoms with E-state index in [4.69, 9.17) is 11.6 Å². The number of imidazole rings is 1. The smallest absolute Gasteiger partial charge is 0.269 e. The second kappa shape index (κ2) is 6.25. The predicted octanol–water partition coefficient (Wildman–Crippen LogP) is 4.97. The number of hydrogen-bond acceptors (Lipinski definition) is 5. The number of nitrogens with zero attached hydrogens (tertiary/aromatic N) is 3. The Hall–Kier alpha value is -2.22. The van der Waals surface area contributed by atoms with Crippen molar-refractivity contribution in [3.05, 3.63) is 51.3 Å². The van der Waals surface area contributed by atoms with Crippen molar-refractivity contribution in [2.24, 2.45) is 7.05 Å². The topological polar surface area (TPSA) is 59.8 Å². The molecule has 0 fully saturated rings. The first kappa shape index (κ1) is 16.3. The number of nitrogens with one attached hydrogen (secondary N) is 1. The van der Waals surface area contributed by atoms with E-state index in [0.29, 0.717) is 21.5 Å². The van der Waals surface area contributed by atoms with E-state index in [1.807, 2.05) is 42.1 Å². The number of amides is 1. The van der Waals surface area contributed by atoms with Crippen LogP contribution < -0.4 is 5.32 Å². The maximum absolute atomic E-state index is 12.7. The normalized spacial score (nSPS) is 11.2. The Morgan fingerprint density at radius 2 is 2.12 bits per heavy atom. The van der Waals surface area contributed by atoms with Gasteiger partial charge in [0.25, 0.3) is 5.91 Å². The number of carbonyl (C=O) groups excluding carboxylic acids is 1. The molecular weight excluding hydrogens is 376 g/mol. The zero-order valence-electron chi connectivity index (χ0n) is 13.4. The van der Waals surface area contributed by atoms with Gasteiger partial charge in [-0.25, -0.2) is 9.97 Å². The summed E-state index contributed by atoms with van der Waals surface area (Å²) in [6.07, 6.45) is 0. The lowest BCUT2D eigenvalue weighted by Crippen LogP contribution is -2.14. The Kier molecular flexibility index (Phi) is 4.07. The molecule has 4 aromatic rings. The first-order valence-electron chi connectivity index (χ1n) is 7.47. The molecule has 0 aliphatic heterocycles. The third-order valence-electron chi connectivity index (χ3n) is 3.80. The number of aryl methyl sites for hydroxylation is 2. The minimum Gasteiger partial charge on any atom is -0.313 e. The summed E-state index contributed by atoms with van der Waals surface area (Å²) in [7, 11) is 1.86. The number of thiazole rings is 1. The summed E-state index contributed by atoms with van der Waals surface area (Å²) < 4.78 is 1.83. The maximum atomic E-state index is 12.7. The van der Waals surface area contributed by atoms with Crippen molar-refractivity contribution in [3.8, 4) is 9.88 Å². The molecule has 3 heterocycles. The Morgan fingerprint density at radius 3 is 2.88 bits per heavy atom. The van der Waals surface area contributed by atoms with Crippen LogP contribution in [0.4, 0.5) is 5.95 Å². The highest BCUT2D eigenvalue weighted by Crippen LogP contribution is 2.31. The van der Waals surface area contributed by atoms with Crippen LogP contribution in [0.5, 0.6) is 0 Å². The molecule has 1 amide bonds. The quantitative estimate of drug-likeness (QED) is 0.538. The van der Waals surface area contributed by atoms with Crippen LogP contribution in [0.1, 0.15) is 15.4 Å². The van der Waals surface area contributed by atoms with E-state index in [2.05, 4.69) is 15.3 Å². The van der Waals surface area contributed by atoms with Gasteiger partial charge >= 0.3 is 0 Å². The molecule has 0 bridgehead atoms. The fourth-order valence-electron chi connectivity index (χ4n) is 2.56. The lowest BCUT2D eigenvalue weighted by Gasteiger charge is -2.03. The Morgan fingerprint density at radius 1 is 1.28 bits per heavy atom. The van der Waals surface area contributed by atoms with Gasteiger partial charge in [-0.3, -0.25) is 10.1 Å². The molecule has 25 heavy (non-hydrogen) atoms. The van der Waals surface area contributed by atoms with Crippen LogP contribution in [0.3, 0.4) is 0 Å². The van der Waals surface area contributed by atoms with Crippen LogP contribution in [0, 0.1) is 6.92 Å². The predicted molar refractivity (Wildman–Crippen MR) is 104 cm³/mol. The monoisotopic (exact) mass is 388 g/mol. The van der Waals surface area contributed by atoms with Crippen molar-refractivity contribution in [2.75, 3.05) is 5.32 Å². The van der Waals surface area contributed by atoms with Crippen molar-refractivity contribution in [2.45, 2.75) is 6.92 Å². The van der Waals surface area contributed by atoms with Gasteiger partial charge in [-0.15, -0.1) is 22.7 Å². The first-order chi connectivity index (χ1) is 12.0. The van der Waals surface area contributed by atoms with Gasteiger partial charge in [0, 0.05) is 12.1 Å². The minimum atomic E-state index is -0.206. The van der Waals surface area contributed by atoms with Crippen LogP contribution in [0.25, 0.3) is 20.9 Å². The standard InChI is InChI=1S/C17H13ClN4OS2/c1-9-14(25-16(19-9)13-4-3-7-24-13)15(23)21-17-20-11-8-10(18)5-6-12(11)22(17)2/h3-8H,1-2H3,(H,20,21,23). The van der Waals surface area contributed by atoms with Crippen molar-refractivity contribution in [1.82, 2.24) is 14.5 Å². The average Bonchev–Trinajstić information content (AvgIpc) is 3.28. The third kappa shape index (κ3) is 2.95. The Balaban J connectivity index is 1.65. The van der Waals surface area contributed by atoms with E-state index < -0.39 is 0 Å². The molecule has 3 aromatic heterocycles. The SMILES string of the molecule is Cc1nc(-c2cccs2)sc1C(=O)Nc1nc2cc(Cl)ccc2n1C. The molecule has 126 valence electrons. The molecule has 0 unspecified atom stereocenters. The number of hydrogen-bond donors (Lipinski definition) is 1. The second-order valence-electron chi connectivity index (χ2n) is 5.49. The van der Waals surface area contributed by atoms with Gasteiger partial charge in [0.05, 0.1) is 21.6 Å². The summed E-state index contributed by atoms with van der Waals surface area (Å²) in [5, 5.41) is 6.34. The highest BCUT2D eigenvalue weighted by Gasteiger charge is 2.19. The highest BCUT2D eigenvalue weighted by atomic mass is 35.5. The summed E-state index contributed by atoms with van der Waals surface area (Å²) in [5.41, 5.74) is 2.36. The van der Waals surface area contributed by atoms with Crippen LogP contribution in [0.2, 0.25) is 5.02 Å². The van der Waals surface area contributed by atoms with Gasteiger partial charge in [-0.2, -0.15) is 0 Å². The Bertz CT molecular complexity index is 1080. The summed E-state index contributed by atoms with van der Waals surface area (Å²) in [5.74, 6) is 0.273. The van der Waals surface area contributed by atoms with Gasteiger partial charge in [0.15, 0.2) is 0 Å². The van der Waals surface area contributed by atoms with E-state index in [1.54, 1.807) is 23.5 Å². The van der Waals surface area contributed by atoms with Crippen LogP contribution >= 0.6 is 34.3 Å². The fraction of sp³-hybridized carbons (Fsp3) is 0.118. The number of anilines is 1. The number of fused-ring (bicyclic) bond motifs is 1. The van der Waals surface area contributed by atoms with Crippen LogP contribution in [0.15, 0.2) is 35.7 Å². The number of aromatic nitrogens is 3. The first-order valence-corrected chi connectivity index (χ1v) is 9.55. The van der Waals surface area contributed by atoms with Gasteiger partial charge in [0.1, 0.15) is 9.88 Å². The molecule has 0 saturated heterocycles. The third-order valence-corrected chi connectivity index (χ3v) is 6.23. The van der Waals surface area contributed by atoms with Gasteiger partial charge in [-0.1, -0.05) is 17.7 Å². The minimum absolute atomic E-state index is 0.206. The molecule has 0 spiro atoms. The Labute approximate surface area is 156 Å². The summed E-state index contributed by atoms with van der Waals surface area (Å²) >= 11 is 9.01. The largest absolute Gasteiger partial charge is 0.313 e. The zero-order valence-corrected chi connectivity index (χ0v) is 15.8. The lowest BCUT2D eigenvalue weighted by atomic mass is 10.3. The van der Waals surface area contributed by atoms with Crippen molar-refractivity contribution >= 4 is 57.2 Å². The average molecular weight is 389 g/mol. The molecule has 0 saturated carbocycles. The van der Waals surface area contributed by atoms with Gasteiger partial charge in [-0.05, 0) is 36.6 Å². The van der Waals surface area contributed by atoms with Gasteiger partial charge < -0.3 is 4.57 Å².